The van der Waals surface area contributed by atoms with Crippen LogP contribution in [0.15, 0.2) is 18.5 Å². The van der Waals surface area contributed by atoms with Crippen molar-refractivity contribution in [1.82, 2.24) is 20.0 Å². The lowest BCUT2D eigenvalue weighted by molar-refractivity contribution is -0.123. The summed E-state index contributed by atoms with van der Waals surface area (Å²) in [6.45, 7) is 3.22. The zero-order valence-corrected chi connectivity index (χ0v) is 11.9. The molecular weight excluding hydrogens is 240 g/mol. The van der Waals surface area contributed by atoms with Crippen LogP contribution in [0.1, 0.15) is 32.6 Å². The molecule has 0 spiro atoms. The van der Waals surface area contributed by atoms with Gasteiger partial charge in [0.05, 0.1) is 13.1 Å². The van der Waals surface area contributed by atoms with Gasteiger partial charge in [-0.05, 0) is 32.9 Å². The minimum absolute atomic E-state index is 0.101. The second-order valence-corrected chi connectivity index (χ2v) is 5.55. The number of amides is 1. The van der Waals surface area contributed by atoms with E-state index in [1.807, 2.05) is 30.9 Å². The van der Waals surface area contributed by atoms with Crippen LogP contribution in [0.4, 0.5) is 0 Å². The van der Waals surface area contributed by atoms with Gasteiger partial charge >= 0.3 is 0 Å². The van der Waals surface area contributed by atoms with Crippen LogP contribution in [-0.4, -0.2) is 46.3 Å². The third-order valence-corrected chi connectivity index (χ3v) is 3.77. The number of rotatable bonds is 6. The van der Waals surface area contributed by atoms with Crippen LogP contribution in [0.25, 0.3) is 0 Å². The monoisotopic (exact) mass is 264 g/mol. The molecule has 1 heterocycles. The van der Waals surface area contributed by atoms with E-state index in [0.29, 0.717) is 19.1 Å². The molecule has 0 unspecified atom stereocenters. The first-order chi connectivity index (χ1) is 9.15. The highest BCUT2D eigenvalue weighted by molar-refractivity contribution is 5.78. The highest BCUT2D eigenvalue weighted by Gasteiger charge is 2.21. The smallest absolute Gasteiger partial charge is 0.234 e. The van der Waals surface area contributed by atoms with Gasteiger partial charge in [-0.15, -0.1) is 0 Å². The molecular formula is C14H24N4O. The van der Waals surface area contributed by atoms with Crippen LogP contribution in [0.3, 0.4) is 0 Å². The first-order valence-corrected chi connectivity index (χ1v) is 7.12. The van der Waals surface area contributed by atoms with Gasteiger partial charge < -0.3 is 5.32 Å². The van der Waals surface area contributed by atoms with Gasteiger partial charge in [-0.2, -0.15) is 5.10 Å². The molecule has 1 amide bonds. The van der Waals surface area contributed by atoms with Crippen LogP contribution >= 0.6 is 0 Å². The molecule has 1 aromatic rings. The molecule has 1 aromatic heterocycles. The quantitative estimate of drug-likeness (QED) is 0.841. The van der Waals surface area contributed by atoms with Gasteiger partial charge in [0.1, 0.15) is 0 Å². The number of carbonyl (C=O) groups excluding carboxylic acids is 1. The number of hydrogen-bond donors (Lipinski definition) is 1. The van der Waals surface area contributed by atoms with Crippen molar-refractivity contribution in [1.29, 1.82) is 0 Å². The molecule has 5 nitrogen and oxygen atoms in total. The van der Waals surface area contributed by atoms with Crippen molar-refractivity contribution < 1.29 is 4.79 Å². The molecule has 1 N–H and O–H groups in total. The molecule has 106 valence electrons. The Morgan fingerprint density at radius 3 is 2.89 bits per heavy atom. The molecule has 0 radical (unpaired) electrons. The zero-order valence-electron chi connectivity index (χ0n) is 11.9. The Balaban J connectivity index is 1.71. The Morgan fingerprint density at radius 2 is 2.26 bits per heavy atom. The Labute approximate surface area is 115 Å². The molecule has 19 heavy (non-hydrogen) atoms. The lowest BCUT2D eigenvalue weighted by Crippen LogP contribution is -2.43. The van der Waals surface area contributed by atoms with E-state index in [1.54, 1.807) is 6.20 Å². The topological polar surface area (TPSA) is 50.2 Å². The highest BCUT2D eigenvalue weighted by atomic mass is 16.2. The third kappa shape index (κ3) is 4.35. The second-order valence-electron chi connectivity index (χ2n) is 5.55. The summed E-state index contributed by atoms with van der Waals surface area (Å²) < 4.78 is 1.84. The van der Waals surface area contributed by atoms with E-state index in [-0.39, 0.29) is 11.9 Å². The van der Waals surface area contributed by atoms with Crippen molar-refractivity contribution in [3.63, 3.8) is 0 Å². The zero-order chi connectivity index (χ0) is 13.7. The van der Waals surface area contributed by atoms with Gasteiger partial charge in [-0.3, -0.25) is 14.4 Å². The maximum Gasteiger partial charge on any atom is 0.234 e. The van der Waals surface area contributed by atoms with Crippen molar-refractivity contribution in [3.8, 4) is 0 Å². The Bertz CT molecular complexity index is 384. The van der Waals surface area contributed by atoms with Gasteiger partial charge in [0.15, 0.2) is 0 Å². The lowest BCUT2D eigenvalue weighted by Gasteiger charge is -2.24. The molecule has 1 atom stereocenters. The summed E-state index contributed by atoms with van der Waals surface area (Å²) in [6, 6.07) is 2.58. The van der Waals surface area contributed by atoms with Gasteiger partial charge in [0.25, 0.3) is 0 Å². The molecule has 1 aliphatic carbocycles. The molecule has 0 aliphatic heterocycles. The van der Waals surface area contributed by atoms with Gasteiger partial charge in [0, 0.05) is 24.5 Å². The SMILES string of the molecule is C[C@H](Cn1cccn1)NC(=O)CN(C)C1CCCC1. The van der Waals surface area contributed by atoms with E-state index in [2.05, 4.69) is 15.3 Å². The second kappa shape index (κ2) is 6.70. The Morgan fingerprint density at radius 1 is 1.53 bits per heavy atom. The maximum absolute atomic E-state index is 12.0. The fraction of sp³-hybridized carbons (Fsp3) is 0.714. The van der Waals surface area contributed by atoms with Gasteiger partial charge in [-0.25, -0.2) is 0 Å². The Hall–Kier alpha value is -1.36. The Kier molecular flexibility index (Phi) is 4.96. The van der Waals surface area contributed by atoms with E-state index < -0.39 is 0 Å². The van der Waals surface area contributed by atoms with Crippen molar-refractivity contribution in [2.24, 2.45) is 0 Å². The molecule has 2 rings (SSSR count). The van der Waals surface area contributed by atoms with Crippen LogP contribution in [0, 0.1) is 0 Å². The third-order valence-electron chi connectivity index (χ3n) is 3.77. The van der Waals surface area contributed by atoms with E-state index in [4.69, 9.17) is 0 Å². The summed E-state index contributed by atoms with van der Waals surface area (Å²) >= 11 is 0. The van der Waals surface area contributed by atoms with E-state index in [9.17, 15) is 4.79 Å². The number of nitrogens with zero attached hydrogens (tertiary/aromatic N) is 3. The first-order valence-electron chi connectivity index (χ1n) is 7.12. The normalized spacial score (nSPS) is 17.8. The van der Waals surface area contributed by atoms with Crippen LogP contribution in [-0.2, 0) is 11.3 Å². The van der Waals surface area contributed by atoms with Crippen molar-refractivity contribution >= 4 is 5.91 Å². The van der Waals surface area contributed by atoms with Crippen LogP contribution in [0.5, 0.6) is 0 Å². The molecule has 1 saturated carbocycles. The first kappa shape index (κ1) is 14.1. The molecule has 0 aromatic carbocycles. The summed E-state index contributed by atoms with van der Waals surface area (Å²) in [7, 11) is 2.05. The summed E-state index contributed by atoms with van der Waals surface area (Å²) in [4.78, 5) is 14.2. The highest BCUT2D eigenvalue weighted by Crippen LogP contribution is 2.21. The number of nitrogens with one attached hydrogen (secondary N) is 1. The summed E-state index contributed by atoms with van der Waals surface area (Å²) in [5, 5.41) is 7.17. The van der Waals surface area contributed by atoms with E-state index in [1.165, 1.54) is 25.7 Å². The fourth-order valence-corrected chi connectivity index (χ4v) is 2.76. The number of carbonyl (C=O) groups is 1. The largest absolute Gasteiger partial charge is 0.351 e. The number of hydrogen-bond acceptors (Lipinski definition) is 3. The lowest BCUT2D eigenvalue weighted by atomic mass is 10.2. The van der Waals surface area contributed by atoms with Crippen LogP contribution in [0.2, 0.25) is 0 Å². The number of likely N-dealkylation sites (N-methyl/N-ethyl adjacent to an activating group) is 1. The van der Waals surface area contributed by atoms with Crippen molar-refractivity contribution in [3.05, 3.63) is 18.5 Å². The minimum atomic E-state index is 0.101. The number of aromatic nitrogens is 2. The van der Waals surface area contributed by atoms with Gasteiger partial charge in [0.2, 0.25) is 5.91 Å². The average molecular weight is 264 g/mol. The molecule has 1 fully saturated rings. The van der Waals surface area contributed by atoms with Gasteiger partial charge in [-0.1, -0.05) is 12.8 Å². The van der Waals surface area contributed by atoms with E-state index >= 15 is 0 Å². The molecule has 5 heteroatoms. The summed E-state index contributed by atoms with van der Waals surface area (Å²) in [5.74, 6) is 0.106. The minimum Gasteiger partial charge on any atom is -0.351 e. The fourth-order valence-electron chi connectivity index (χ4n) is 2.76. The predicted molar refractivity (Wildman–Crippen MR) is 74.7 cm³/mol. The standard InChI is InChI=1S/C14H24N4O/c1-12(10-18-9-5-8-15-18)16-14(19)11-17(2)13-6-3-4-7-13/h5,8-9,12-13H,3-4,6-7,10-11H2,1-2H3,(H,16,19)/t12-/m1/s1. The molecule has 0 saturated heterocycles. The summed E-state index contributed by atoms with van der Waals surface area (Å²) in [5.41, 5.74) is 0. The van der Waals surface area contributed by atoms with Crippen molar-refractivity contribution in [2.45, 2.75) is 51.2 Å². The average Bonchev–Trinajstić information content (AvgIpc) is 3.00. The van der Waals surface area contributed by atoms with Crippen LogP contribution < -0.4 is 5.32 Å². The predicted octanol–water partition coefficient (Wildman–Crippen LogP) is 1.26. The molecule has 1 aliphatic rings. The summed E-state index contributed by atoms with van der Waals surface area (Å²) in [6.07, 6.45) is 8.72. The maximum atomic E-state index is 12.0. The molecule has 0 bridgehead atoms. The van der Waals surface area contributed by atoms with Crippen molar-refractivity contribution in [2.75, 3.05) is 13.6 Å². The van der Waals surface area contributed by atoms with E-state index in [0.717, 1.165) is 0 Å².